The minimum absolute atomic E-state index is 0.146. The van der Waals surface area contributed by atoms with Gasteiger partial charge in [0.05, 0.1) is 12.1 Å². The first-order valence-electron chi connectivity index (χ1n) is 6.22. The van der Waals surface area contributed by atoms with Gasteiger partial charge in [0, 0.05) is 6.61 Å². The second-order valence-corrected chi connectivity index (χ2v) is 5.24. The van der Waals surface area contributed by atoms with E-state index in [0.29, 0.717) is 13.2 Å². The summed E-state index contributed by atoms with van der Waals surface area (Å²) in [4.78, 5) is 12.1. The van der Waals surface area contributed by atoms with Gasteiger partial charge in [-0.1, -0.05) is 29.8 Å². The molecular formula is C14H20N2O2. The van der Waals surface area contributed by atoms with Gasteiger partial charge in [0.25, 0.3) is 0 Å². The fraction of sp³-hybridized carbons (Fsp3) is 0.500. The van der Waals surface area contributed by atoms with Crippen molar-refractivity contribution in [3.63, 3.8) is 0 Å². The molecule has 1 aromatic carbocycles. The predicted molar refractivity (Wildman–Crippen MR) is 70.1 cm³/mol. The molecular weight excluding hydrogens is 228 g/mol. The van der Waals surface area contributed by atoms with Crippen molar-refractivity contribution in [3.8, 4) is 0 Å². The Labute approximate surface area is 108 Å². The molecule has 0 saturated carbocycles. The zero-order chi connectivity index (χ0) is 13.2. The normalized spacial score (nSPS) is 24.8. The van der Waals surface area contributed by atoms with E-state index < -0.39 is 6.04 Å². The van der Waals surface area contributed by atoms with Gasteiger partial charge in [0.2, 0.25) is 5.91 Å². The summed E-state index contributed by atoms with van der Waals surface area (Å²) >= 11 is 0. The molecule has 2 unspecified atom stereocenters. The summed E-state index contributed by atoms with van der Waals surface area (Å²) in [6.07, 6.45) is 0.833. The van der Waals surface area contributed by atoms with Crippen LogP contribution < -0.4 is 11.1 Å². The molecule has 4 heteroatoms. The number of ether oxygens (including phenoxy) is 1. The van der Waals surface area contributed by atoms with Gasteiger partial charge in [-0.15, -0.1) is 0 Å². The fourth-order valence-electron chi connectivity index (χ4n) is 2.07. The lowest BCUT2D eigenvalue weighted by atomic mass is 9.99. The molecule has 1 aliphatic heterocycles. The van der Waals surface area contributed by atoms with E-state index in [1.54, 1.807) is 0 Å². The summed E-state index contributed by atoms with van der Waals surface area (Å²) in [5, 5.41) is 2.98. The smallest absolute Gasteiger partial charge is 0.242 e. The number of amides is 1. The minimum atomic E-state index is -0.622. The molecule has 98 valence electrons. The van der Waals surface area contributed by atoms with Crippen LogP contribution >= 0.6 is 0 Å². The van der Waals surface area contributed by atoms with E-state index in [-0.39, 0.29) is 11.4 Å². The third kappa shape index (κ3) is 2.89. The van der Waals surface area contributed by atoms with Gasteiger partial charge in [-0.2, -0.15) is 0 Å². The van der Waals surface area contributed by atoms with Gasteiger partial charge in [-0.3, -0.25) is 4.79 Å². The van der Waals surface area contributed by atoms with E-state index in [1.165, 1.54) is 0 Å². The van der Waals surface area contributed by atoms with Crippen molar-refractivity contribution < 1.29 is 9.53 Å². The van der Waals surface area contributed by atoms with Crippen molar-refractivity contribution in [2.24, 2.45) is 5.73 Å². The summed E-state index contributed by atoms with van der Waals surface area (Å²) in [5.41, 5.74) is 7.68. The summed E-state index contributed by atoms with van der Waals surface area (Å²) in [5.74, 6) is -0.146. The zero-order valence-corrected chi connectivity index (χ0v) is 10.9. The van der Waals surface area contributed by atoms with Crippen LogP contribution in [0.5, 0.6) is 0 Å². The standard InChI is InChI=1S/C14H20N2O2/c1-10-3-5-11(6-4-10)12(15)13(17)16-14(2)7-8-18-9-14/h3-6,12H,7-9,15H2,1-2H3,(H,16,17). The van der Waals surface area contributed by atoms with Crippen LogP contribution in [0.4, 0.5) is 0 Å². The summed E-state index contributed by atoms with van der Waals surface area (Å²) < 4.78 is 5.31. The molecule has 18 heavy (non-hydrogen) atoms. The van der Waals surface area contributed by atoms with Crippen molar-refractivity contribution in [1.82, 2.24) is 5.32 Å². The van der Waals surface area contributed by atoms with E-state index >= 15 is 0 Å². The highest BCUT2D eigenvalue weighted by Gasteiger charge is 2.32. The van der Waals surface area contributed by atoms with E-state index in [9.17, 15) is 4.79 Å². The highest BCUT2D eigenvalue weighted by atomic mass is 16.5. The van der Waals surface area contributed by atoms with E-state index in [4.69, 9.17) is 10.5 Å². The lowest BCUT2D eigenvalue weighted by Crippen LogP contribution is -2.49. The molecule has 1 aromatic rings. The Morgan fingerprint density at radius 3 is 2.67 bits per heavy atom. The second-order valence-electron chi connectivity index (χ2n) is 5.24. The second kappa shape index (κ2) is 5.08. The lowest BCUT2D eigenvalue weighted by Gasteiger charge is -2.25. The molecule has 0 bridgehead atoms. The van der Waals surface area contributed by atoms with Gasteiger partial charge in [0.1, 0.15) is 6.04 Å². The van der Waals surface area contributed by atoms with Crippen molar-refractivity contribution >= 4 is 5.91 Å². The van der Waals surface area contributed by atoms with E-state index in [0.717, 1.165) is 17.5 Å². The highest BCUT2D eigenvalue weighted by Crippen LogP contribution is 2.19. The Kier molecular flexibility index (Phi) is 3.68. The Balaban J connectivity index is 2.02. The molecule has 0 aromatic heterocycles. The maximum Gasteiger partial charge on any atom is 0.242 e. The molecule has 1 saturated heterocycles. The van der Waals surface area contributed by atoms with Crippen molar-refractivity contribution in [2.45, 2.75) is 31.8 Å². The van der Waals surface area contributed by atoms with Gasteiger partial charge in [-0.25, -0.2) is 0 Å². The number of nitrogens with one attached hydrogen (secondary N) is 1. The number of carbonyl (C=O) groups excluding carboxylic acids is 1. The third-order valence-corrected chi connectivity index (χ3v) is 3.36. The van der Waals surface area contributed by atoms with Crippen LogP contribution in [0.2, 0.25) is 0 Å². The average Bonchev–Trinajstić information content (AvgIpc) is 2.76. The number of benzene rings is 1. The summed E-state index contributed by atoms with van der Waals surface area (Å²) in [6.45, 7) is 5.24. The van der Waals surface area contributed by atoms with Crippen molar-refractivity contribution in [1.29, 1.82) is 0 Å². The molecule has 0 aliphatic carbocycles. The number of aryl methyl sites for hydroxylation is 1. The van der Waals surface area contributed by atoms with Gasteiger partial charge in [0.15, 0.2) is 0 Å². The third-order valence-electron chi connectivity index (χ3n) is 3.36. The van der Waals surface area contributed by atoms with Crippen molar-refractivity contribution in [3.05, 3.63) is 35.4 Å². The van der Waals surface area contributed by atoms with Gasteiger partial charge in [-0.05, 0) is 25.8 Å². The van der Waals surface area contributed by atoms with Crippen LogP contribution in [0.25, 0.3) is 0 Å². The van der Waals surface area contributed by atoms with Crippen LogP contribution in [0.15, 0.2) is 24.3 Å². The first-order valence-corrected chi connectivity index (χ1v) is 6.22. The van der Waals surface area contributed by atoms with Crippen LogP contribution in [-0.2, 0) is 9.53 Å². The minimum Gasteiger partial charge on any atom is -0.379 e. The van der Waals surface area contributed by atoms with Crippen LogP contribution in [-0.4, -0.2) is 24.7 Å². The zero-order valence-electron chi connectivity index (χ0n) is 10.9. The molecule has 1 aliphatic rings. The molecule has 1 amide bonds. The molecule has 4 nitrogen and oxygen atoms in total. The van der Waals surface area contributed by atoms with E-state index in [1.807, 2.05) is 38.1 Å². The Morgan fingerprint density at radius 2 is 2.11 bits per heavy atom. The Bertz CT molecular complexity index is 422. The Morgan fingerprint density at radius 1 is 1.44 bits per heavy atom. The predicted octanol–water partition coefficient (Wildman–Crippen LogP) is 1.29. The number of nitrogens with two attached hydrogens (primary N) is 1. The molecule has 1 fully saturated rings. The maximum absolute atomic E-state index is 12.1. The van der Waals surface area contributed by atoms with E-state index in [2.05, 4.69) is 5.32 Å². The molecule has 2 atom stereocenters. The number of carbonyl (C=O) groups is 1. The molecule has 0 radical (unpaired) electrons. The topological polar surface area (TPSA) is 64.4 Å². The SMILES string of the molecule is Cc1ccc(C(N)C(=O)NC2(C)CCOC2)cc1. The largest absolute Gasteiger partial charge is 0.379 e. The average molecular weight is 248 g/mol. The number of rotatable bonds is 3. The maximum atomic E-state index is 12.1. The fourth-order valence-corrected chi connectivity index (χ4v) is 2.07. The molecule has 1 heterocycles. The molecule has 3 N–H and O–H groups in total. The lowest BCUT2D eigenvalue weighted by molar-refractivity contribution is -0.124. The monoisotopic (exact) mass is 248 g/mol. The quantitative estimate of drug-likeness (QED) is 0.847. The van der Waals surface area contributed by atoms with Crippen molar-refractivity contribution in [2.75, 3.05) is 13.2 Å². The molecule has 0 spiro atoms. The van der Waals surface area contributed by atoms with Gasteiger partial charge < -0.3 is 15.8 Å². The molecule has 2 rings (SSSR count). The van der Waals surface area contributed by atoms with Crippen LogP contribution in [0, 0.1) is 6.92 Å². The highest BCUT2D eigenvalue weighted by molar-refractivity contribution is 5.83. The number of hydrogen-bond acceptors (Lipinski definition) is 3. The van der Waals surface area contributed by atoms with Crippen LogP contribution in [0.1, 0.15) is 30.5 Å². The summed E-state index contributed by atoms with van der Waals surface area (Å²) in [7, 11) is 0. The Hall–Kier alpha value is -1.39. The van der Waals surface area contributed by atoms with Gasteiger partial charge >= 0.3 is 0 Å². The first-order chi connectivity index (χ1) is 8.50. The number of hydrogen-bond donors (Lipinski definition) is 2. The van der Waals surface area contributed by atoms with Crippen LogP contribution in [0.3, 0.4) is 0 Å². The summed E-state index contributed by atoms with van der Waals surface area (Å²) in [6, 6.07) is 7.09. The first kappa shape index (κ1) is 13.1.